The first-order chi connectivity index (χ1) is 6.75. The molecule has 2 nitrogen and oxygen atoms in total. The molecule has 2 rings (SSSR count). The van der Waals surface area contributed by atoms with Gasteiger partial charge in [0.05, 0.1) is 0 Å². The lowest BCUT2D eigenvalue weighted by molar-refractivity contribution is -0.130. The van der Waals surface area contributed by atoms with Gasteiger partial charge in [0.15, 0.2) is 0 Å². The molecule has 2 heteroatoms. The fourth-order valence-corrected chi connectivity index (χ4v) is 2.72. The highest BCUT2D eigenvalue weighted by Gasteiger charge is 2.58. The van der Waals surface area contributed by atoms with Crippen molar-refractivity contribution in [1.29, 1.82) is 0 Å². The molecule has 1 heterocycles. The number of hydrogen-bond donors (Lipinski definition) is 0. The van der Waals surface area contributed by atoms with E-state index in [1.165, 1.54) is 25.7 Å². The van der Waals surface area contributed by atoms with Gasteiger partial charge in [-0.3, -0.25) is 4.79 Å². The maximum absolute atomic E-state index is 11.7. The summed E-state index contributed by atoms with van der Waals surface area (Å²) in [5.74, 6) is 2.27. The van der Waals surface area contributed by atoms with E-state index in [0.29, 0.717) is 23.7 Å². The van der Waals surface area contributed by atoms with Crippen LogP contribution in [0.1, 0.15) is 39.5 Å². The number of amides is 1. The minimum atomic E-state index is 0.418. The fourth-order valence-electron chi connectivity index (χ4n) is 2.72. The molecule has 1 saturated heterocycles. The Hall–Kier alpha value is -0.530. The Morgan fingerprint density at radius 2 is 2.14 bits per heavy atom. The Bertz CT molecular complexity index is 226. The molecule has 3 atom stereocenters. The van der Waals surface area contributed by atoms with E-state index >= 15 is 0 Å². The molecule has 0 aromatic carbocycles. The van der Waals surface area contributed by atoms with Gasteiger partial charge in [-0.2, -0.15) is 0 Å². The summed E-state index contributed by atoms with van der Waals surface area (Å²) < 4.78 is 0. The predicted octanol–water partition coefficient (Wildman–Crippen LogP) is 2.29. The summed E-state index contributed by atoms with van der Waals surface area (Å²) in [6.07, 6.45) is 5.07. The van der Waals surface area contributed by atoms with Crippen LogP contribution in [0.25, 0.3) is 0 Å². The van der Waals surface area contributed by atoms with Crippen LogP contribution in [0.3, 0.4) is 0 Å². The summed E-state index contributed by atoms with van der Waals surface area (Å²) in [5.41, 5.74) is 0. The molecule has 0 N–H and O–H groups in total. The zero-order valence-corrected chi connectivity index (χ0v) is 9.33. The standard InChI is InChI=1S/C12H21NO/c1-3-4-5-6-7-13-8-10-9(2)11(10)12(13)14/h9-11H,3-8H2,1-2H3. The van der Waals surface area contributed by atoms with Crippen LogP contribution < -0.4 is 0 Å². The number of carbonyl (C=O) groups excluding carboxylic acids is 1. The normalized spacial score (nSPS) is 34.9. The molecule has 1 amide bonds. The van der Waals surface area contributed by atoms with E-state index in [9.17, 15) is 4.79 Å². The van der Waals surface area contributed by atoms with Crippen LogP contribution in [-0.4, -0.2) is 23.9 Å². The maximum Gasteiger partial charge on any atom is 0.226 e. The van der Waals surface area contributed by atoms with E-state index < -0.39 is 0 Å². The average molecular weight is 195 g/mol. The van der Waals surface area contributed by atoms with E-state index in [1.807, 2.05) is 0 Å². The second-order valence-corrected chi connectivity index (χ2v) is 4.89. The van der Waals surface area contributed by atoms with Crippen LogP contribution in [0.15, 0.2) is 0 Å². The number of carbonyl (C=O) groups is 1. The molecule has 80 valence electrons. The van der Waals surface area contributed by atoms with Crippen molar-refractivity contribution in [2.75, 3.05) is 13.1 Å². The van der Waals surface area contributed by atoms with Crippen LogP contribution in [0.5, 0.6) is 0 Å². The third kappa shape index (κ3) is 1.67. The summed E-state index contributed by atoms with van der Waals surface area (Å²) >= 11 is 0. The molecule has 0 bridgehead atoms. The van der Waals surface area contributed by atoms with E-state index in [-0.39, 0.29) is 0 Å². The van der Waals surface area contributed by atoms with E-state index in [4.69, 9.17) is 0 Å². The van der Waals surface area contributed by atoms with Crippen LogP contribution >= 0.6 is 0 Å². The van der Waals surface area contributed by atoms with Gasteiger partial charge in [0.1, 0.15) is 0 Å². The van der Waals surface area contributed by atoms with Gasteiger partial charge >= 0.3 is 0 Å². The van der Waals surface area contributed by atoms with Crippen molar-refractivity contribution in [1.82, 2.24) is 4.90 Å². The van der Waals surface area contributed by atoms with E-state index in [2.05, 4.69) is 18.7 Å². The lowest BCUT2D eigenvalue weighted by atomic mass is 10.2. The molecule has 0 aromatic heterocycles. The molecular formula is C12H21NO. The van der Waals surface area contributed by atoms with Crippen molar-refractivity contribution in [3.05, 3.63) is 0 Å². The lowest BCUT2D eigenvalue weighted by Crippen LogP contribution is -2.30. The molecule has 14 heavy (non-hydrogen) atoms. The van der Waals surface area contributed by atoms with Crippen molar-refractivity contribution >= 4 is 5.91 Å². The first kappa shape index (κ1) is 10.0. The van der Waals surface area contributed by atoms with Gasteiger partial charge in [-0.05, 0) is 18.3 Å². The third-order valence-corrected chi connectivity index (χ3v) is 3.87. The highest BCUT2D eigenvalue weighted by atomic mass is 16.2. The number of likely N-dealkylation sites (tertiary alicyclic amines) is 1. The monoisotopic (exact) mass is 195 g/mol. The summed E-state index contributed by atoms with van der Waals surface area (Å²) in [5, 5.41) is 0. The lowest BCUT2D eigenvalue weighted by Gasteiger charge is -2.18. The van der Waals surface area contributed by atoms with E-state index in [0.717, 1.165) is 13.1 Å². The van der Waals surface area contributed by atoms with Gasteiger partial charge in [-0.25, -0.2) is 0 Å². The fraction of sp³-hybridized carbons (Fsp3) is 0.917. The van der Waals surface area contributed by atoms with Crippen LogP contribution in [-0.2, 0) is 4.79 Å². The molecule has 1 aliphatic carbocycles. The number of nitrogens with zero attached hydrogens (tertiary/aromatic N) is 1. The second-order valence-electron chi connectivity index (χ2n) is 4.89. The quantitative estimate of drug-likeness (QED) is 0.616. The Morgan fingerprint density at radius 3 is 2.71 bits per heavy atom. The number of unbranched alkanes of at least 4 members (excludes halogenated alkanes) is 3. The maximum atomic E-state index is 11.7. The van der Waals surface area contributed by atoms with Crippen LogP contribution in [0.4, 0.5) is 0 Å². The van der Waals surface area contributed by atoms with E-state index in [1.54, 1.807) is 0 Å². The van der Waals surface area contributed by atoms with Gasteiger partial charge in [-0.1, -0.05) is 33.1 Å². The second kappa shape index (κ2) is 3.92. The Kier molecular flexibility index (Phi) is 2.80. The van der Waals surface area contributed by atoms with Crippen LogP contribution in [0, 0.1) is 17.8 Å². The first-order valence-corrected chi connectivity index (χ1v) is 6.04. The minimum Gasteiger partial charge on any atom is -0.342 e. The molecule has 0 aromatic rings. The third-order valence-electron chi connectivity index (χ3n) is 3.87. The Morgan fingerprint density at radius 1 is 1.36 bits per heavy atom. The summed E-state index contributed by atoms with van der Waals surface area (Å²) in [4.78, 5) is 13.8. The first-order valence-electron chi connectivity index (χ1n) is 6.04. The van der Waals surface area contributed by atoms with Gasteiger partial charge in [0.25, 0.3) is 0 Å². The van der Waals surface area contributed by atoms with Crippen molar-refractivity contribution < 1.29 is 4.79 Å². The Balaban J connectivity index is 1.67. The highest BCUT2D eigenvalue weighted by Crippen LogP contribution is 2.51. The molecule has 2 fully saturated rings. The SMILES string of the molecule is CCCCCCN1CC2C(C)C2C1=O. The molecule has 0 radical (unpaired) electrons. The molecule has 1 aliphatic heterocycles. The van der Waals surface area contributed by atoms with Gasteiger partial charge in [0, 0.05) is 19.0 Å². The predicted molar refractivity (Wildman–Crippen MR) is 56.9 cm³/mol. The molecule has 3 unspecified atom stereocenters. The number of rotatable bonds is 5. The van der Waals surface area contributed by atoms with Gasteiger partial charge in [-0.15, -0.1) is 0 Å². The molecule has 1 saturated carbocycles. The molecular weight excluding hydrogens is 174 g/mol. The highest BCUT2D eigenvalue weighted by molar-refractivity contribution is 5.85. The van der Waals surface area contributed by atoms with Crippen LogP contribution in [0.2, 0.25) is 0 Å². The molecule has 2 aliphatic rings. The number of hydrogen-bond acceptors (Lipinski definition) is 1. The van der Waals surface area contributed by atoms with Gasteiger partial charge in [0.2, 0.25) is 5.91 Å². The number of fused-ring (bicyclic) bond motifs is 1. The summed E-state index contributed by atoms with van der Waals surface area (Å²) in [6.45, 7) is 6.49. The van der Waals surface area contributed by atoms with Crippen molar-refractivity contribution in [3.8, 4) is 0 Å². The average Bonchev–Trinajstić information content (AvgIpc) is 2.66. The van der Waals surface area contributed by atoms with Crippen molar-refractivity contribution in [2.24, 2.45) is 17.8 Å². The summed E-state index contributed by atoms with van der Waals surface area (Å²) in [6, 6.07) is 0. The van der Waals surface area contributed by atoms with Crippen molar-refractivity contribution in [2.45, 2.75) is 39.5 Å². The zero-order valence-electron chi connectivity index (χ0n) is 9.33. The smallest absolute Gasteiger partial charge is 0.226 e. The Labute approximate surface area is 86.7 Å². The summed E-state index contributed by atoms with van der Waals surface area (Å²) in [7, 11) is 0. The largest absolute Gasteiger partial charge is 0.342 e. The zero-order chi connectivity index (χ0) is 10.1. The topological polar surface area (TPSA) is 20.3 Å². The minimum absolute atomic E-state index is 0.418. The van der Waals surface area contributed by atoms with Crippen molar-refractivity contribution in [3.63, 3.8) is 0 Å². The molecule has 0 spiro atoms. The number of piperidine rings is 1. The van der Waals surface area contributed by atoms with Gasteiger partial charge < -0.3 is 4.90 Å².